The van der Waals surface area contributed by atoms with Crippen LogP contribution >= 0.6 is 11.3 Å². The predicted octanol–water partition coefficient (Wildman–Crippen LogP) is 2.56. The Morgan fingerprint density at radius 3 is 3.11 bits per heavy atom. The molecule has 5 heteroatoms. The van der Waals surface area contributed by atoms with Crippen LogP contribution in [0.2, 0.25) is 0 Å². The first kappa shape index (κ1) is 12.3. The van der Waals surface area contributed by atoms with E-state index in [1.165, 1.54) is 0 Å². The fourth-order valence-corrected chi connectivity index (χ4v) is 3.24. The number of rotatable bonds is 2. The van der Waals surface area contributed by atoms with Crippen molar-refractivity contribution in [3.05, 3.63) is 46.7 Å². The van der Waals surface area contributed by atoms with Gasteiger partial charge in [-0.1, -0.05) is 0 Å². The van der Waals surface area contributed by atoms with Crippen LogP contribution in [0.15, 0.2) is 36.1 Å². The van der Waals surface area contributed by atoms with E-state index in [1.54, 1.807) is 29.8 Å². The molecule has 1 aliphatic rings. The van der Waals surface area contributed by atoms with E-state index in [9.17, 15) is 4.79 Å². The number of hydrogen-bond donors (Lipinski definition) is 0. The highest BCUT2D eigenvalue weighted by atomic mass is 32.1. The highest BCUT2D eigenvalue weighted by Crippen LogP contribution is 2.28. The van der Waals surface area contributed by atoms with Gasteiger partial charge in [0, 0.05) is 43.0 Å². The van der Waals surface area contributed by atoms with Crippen molar-refractivity contribution in [3.63, 3.8) is 0 Å². The lowest BCUT2D eigenvalue weighted by molar-refractivity contribution is 0.0706. The lowest BCUT2D eigenvalue weighted by Gasteiger charge is -2.31. The smallest absolute Gasteiger partial charge is 0.255 e. The van der Waals surface area contributed by atoms with Gasteiger partial charge in [-0.15, -0.1) is 11.3 Å². The third-order valence-corrected chi connectivity index (χ3v) is 4.36. The van der Waals surface area contributed by atoms with Crippen LogP contribution in [-0.4, -0.2) is 33.9 Å². The molecule has 1 atom stereocenters. The van der Waals surface area contributed by atoms with Crippen LogP contribution in [0.25, 0.3) is 0 Å². The summed E-state index contributed by atoms with van der Waals surface area (Å²) in [7, 11) is 0. The van der Waals surface area contributed by atoms with Gasteiger partial charge in [0.25, 0.3) is 5.91 Å². The van der Waals surface area contributed by atoms with Crippen molar-refractivity contribution in [2.24, 2.45) is 0 Å². The molecule has 1 fully saturated rings. The molecule has 4 nitrogen and oxygen atoms in total. The van der Waals surface area contributed by atoms with Gasteiger partial charge in [0.15, 0.2) is 0 Å². The summed E-state index contributed by atoms with van der Waals surface area (Å²) in [6.07, 6.45) is 7.31. The lowest BCUT2D eigenvalue weighted by Crippen LogP contribution is -2.39. The van der Waals surface area contributed by atoms with Gasteiger partial charge in [-0.25, -0.2) is 4.98 Å². The number of piperidine rings is 1. The molecule has 0 aliphatic carbocycles. The minimum absolute atomic E-state index is 0.0781. The summed E-state index contributed by atoms with van der Waals surface area (Å²) >= 11 is 1.68. The number of carbonyl (C=O) groups is 1. The van der Waals surface area contributed by atoms with Gasteiger partial charge in [0.05, 0.1) is 10.6 Å². The van der Waals surface area contributed by atoms with Crippen LogP contribution in [-0.2, 0) is 0 Å². The van der Waals surface area contributed by atoms with Gasteiger partial charge in [-0.2, -0.15) is 0 Å². The molecule has 0 spiro atoms. The van der Waals surface area contributed by atoms with Crippen molar-refractivity contribution in [1.29, 1.82) is 0 Å². The van der Waals surface area contributed by atoms with E-state index in [4.69, 9.17) is 0 Å². The SMILES string of the molecule is O=C(c1cccnc1)N1CCC[C@H](c2nccs2)C1. The zero-order chi connectivity index (χ0) is 13.1. The molecule has 3 rings (SSSR count). The molecule has 2 aromatic rings. The number of carbonyl (C=O) groups excluding carboxylic acids is 1. The molecule has 0 N–H and O–H groups in total. The molecular formula is C14H15N3OS. The number of pyridine rings is 1. The fraction of sp³-hybridized carbons (Fsp3) is 0.357. The second-order valence-corrected chi connectivity index (χ2v) is 5.63. The lowest BCUT2D eigenvalue weighted by atomic mass is 9.98. The van der Waals surface area contributed by atoms with Crippen LogP contribution in [0, 0.1) is 0 Å². The van der Waals surface area contributed by atoms with Crippen LogP contribution in [0.5, 0.6) is 0 Å². The highest BCUT2D eigenvalue weighted by Gasteiger charge is 2.26. The van der Waals surface area contributed by atoms with Crippen LogP contribution in [0.3, 0.4) is 0 Å². The first-order valence-corrected chi connectivity index (χ1v) is 7.31. The minimum atomic E-state index is 0.0781. The van der Waals surface area contributed by atoms with E-state index >= 15 is 0 Å². The van der Waals surface area contributed by atoms with E-state index in [0.29, 0.717) is 11.5 Å². The van der Waals surface area contributed by atoms with Gasteiger partial charge in [0.1, 0.15) is 0 Å². The normalized spacial score (nSPS) is 19.4. The molecule has 0 bridgehead atoms. The standard InChI is InChI=1S/C14H15N3OS/c18-14(11-3-1-5-15-9-11)17-7-2-4-12(10-17)13-16-6-8-19-13/h1,3,5-6,8-9,12H,2,4,7,10H2/t12-/m0/s1. The third-order valence-electron chi connectivity index (χ3n) is 3.42. The molecule has 0 unspecified atom stereocenters. The molecule has 98 valence electrons. The Balaban J connectivity index is 1.73. The second kappa shape index (κ2) is 5.48. The van der Waals surface area contributed by atoms with E-state index in [2.05, 4.69) is 9.97 Å². The summed E-state index contributed by atoms with van der Waals surface area (Å²) in [6.45, 7) is 1.59. The highest BCUT2D eigenvalue weighted by molar-refractivity contribution is 7.09. The number of aromatic nitrogens is 2. The van der Waals surface area contributed by atoms with E-state index in [0.717, 1.165) is 30.9 Å². The number of likely N-dealkylation sites (tertiary alicyclic amines) is 1. The zero-order valence-electron chi connectivity index (χ0n) is 10.5. The summed E-state index contributed by atoms with van der Waals surface area (Å²) in [4.78, 5) is 22.7. The van der Waals surface area contributed by atoms with Gasteiger partial charge < -0.3 is 4.90 Å². The Bertz CT molecular complexity index is 541. The summed E-state index contributed by atoms with van der Waals surface area (Å²) < 4.78 is 0. The minimum Gasteiger partial charge on any atom is -0.338 e. The van der Waals surface area contributed by atoms with Crippen molar-refractivity contribution >= 4 is 17.2 Å². The summed E-state index contributed by atoms with van der Waals surface area (Å²) in [6, 6.07) is 3.62. The maximum absolute atomic E-state index is 12.4. The molecule has 3 heterocycles. The Kier molecular flexibility index (Phi) is 3.55. The quantitative estimate of drug-likeness (QED) is 0.844. The first-order chi connectivity index (χ1) is 9.34. The Labute approximate surface area is 116 Å². The largest absolute Gasteiger partial charge is 0.338 e. The van der Waals surface area contributed by atoms with Crippen LogP contribution in [0.1, 0.15) is 34.1 Å². The maximum atomic E-state index is 12.4. The van der Waals surface area contributed by atoms with E-state index in [-0.39, 0.29) is 5.91 Å². The molecule has 0 saturated carbocycles. The summed E-state index contributed by atoms with van der Waals surface area (Å²) in [5.74, 6) is 0.462. The zero-order valence-corrected chi connectivity index (χ0v) is 11.3. The average molecular weight is 273 g/mol. The first-order valence-electron chi connectivity index (χ1n) is 6.43. The maximum Gasteiger partial charge on any atom is 0.255 e. The van der Waals surface area contributed by atoms with Crippen molar-refractivity contribution in [3.8, 4) is 0 Å². The Morgan fingerprint density at radius 2 is 2.37 bits per heavy atom. The van der Waals surface area contributed by atoms with Gasteiger partial charge >= 0.3 is 0 Å². The van der Waals surface area contributed by atoms with E-state index < -0.39 is 0 Å². The van der Waals surface area contributed by atoms with E-state index in [1.807, 2.05) is 22.5 Å². The van der Waals surface area contributed by atoms with Crippen molar-refractivity contribution < 1.29 is 4.79 Å². The summed E-state index contributed by atoms with van der Waals surface area (Å²) in [5.41, 5.74) is 0.669. The molecule has 1 amide bonds. The second-order valence-electron chi connectivity index (χ2n) is 4.70. The molecule has 2 aromatic heterocycles. The Hall–Kier alpha value is -1.75. The van der Waals surface area contributed by atoms with Gasteiger partial charge in [0.2, 0.25) is 0 Å². The number of hydrogen-bond acceptors (Lipinski definition) is 4. The monoisotopic (exact) mass is 273 g/mol. The molecule has 1 aliphatic heterocycles. The van der Waals surface area contributed by atoms with Crippen molar-refractivity contribution in [2.45, 2.75) is 18.8 Å². The number of amides is 1. The number of nitrogens with zero attached hydrogens (tertiary/aromatic N) is 3. The molecule has 0 radical (unpaired) electrons. The molecule has 0 aromatic carbocycles. The Morgan fingerprint density at radius 1 is 1.42 bits per heavy atom. The fourth-order valence-electron chi connectivity index (χ4n) is 2.47. The van der Waals surface area contributed by atoms with Gasteiger partial charge in [-0.3, -0.25) is 9.78 Å². The molecule has 19 heavy (non-hydrogen) atoms. The summed E-state index contributed by atoms with van der Waals surface area (Å²) in [5, 5.41) is 3.14. The van der Waals surface area contributed by atoms with Crippen LogP contribution in [0.4, 0.5) is 0 Å². The average Bonchev–Trinajstić information content (AvgIpc) is 3.02. The predicted molar refractivity (Wildman–Crippen MR) is 74.2 cm³/mol. The number of thiazole rings is 1. The topological polar surface area (TPSA) is 46.1 Å². The van der Waals surface area contributed by atoms with Crippen molar-refractivity contribution in [2.75, 3.05) is 13.1 Å². The molecule has 1 saturated heterocycles. The third kappa shape index (κ3) is 2.66. The molecular weight excluding hydrogens is 258 g/mol. The van der Waals surface area contributed by atoms with Crippen LogP contribution < -0.4 is 0 Å². The van der Waals surface area contributed by atoms with Crippen molar-refractivity contribution in [1.82, 2.24) is 14.9 Å². The van der Waals surface area contributed by atoms with Gasteiger partial charge in [-0.05, 0) is 25.0 Å².